The van der Waals surface area contributed by atoms with E-state index in [1.54, 1.807) is 0 Å². The fourth-order valence-electron chi connectivity index (χ4n) is 3.35. The SMILES string of the molecule is CCn1c2ccccc2c2cc([C@@H](N)C3CC3)ccc21. The molecule has 20 heavy (non-hydrogen) atoms. The van der Waals surface area contributed by atoms with Gasteiger partial charge in [-0.2, -0.15) is 0 Å². The molecule has 1 atom stereocenters. The van der Waals surface area contributed by atoms with Gasteiger partial charge >= 0.3 is 0 Å². The van der Waals surface area contributed by atoms with E-state index in [-0.39, 0.29) is 6.04 Å². The van der Waals surface area contributed by atoms with Crippen LogP contribution in [0.25, 0.3) is 21.8 Å². The molecule has 1 aliphatic carbocycles. The fraction of sp³-hybridized carbons (Fsp3) is 0.333. The molecule has 3 aromatic rings. The summed E-state index contributed by atoms with van der Waals surface area (Å²) in [6.45, 7) is 3.20. The van der Waals surface area contributed by atoms with Crippen LogP contribution in [0, 0.1) is 5.92 Å². The number of nitrogens with two attached hydrogens (primary N) is 1. The van der Waals surface area contributed by atoms with Gasteiger partial charge in [-0.15, -0.1) is 0 Å². The van der Waals surface area contributed by atoms with Gasteiger partial charge in [0.05, 0.1) is 0 Å². The maximum absolute atomic E-state index is 6.37. The Kier molecular flexibility index (Phi) is 2.61. The molecule has 0 saturated heterocycles. The van der Waals surface area contributed by atoms with E-state index in [1.165, 1.54) is 40.2 Å². The number of rotatable bonds is 3. The minimum atomic E-state index is 0.211. The highest BCUT2D eigenvalue weighted by Gasteiger charge is 2.29. The molecular weight excluding hydrogens is 244 g/mol. The van der Waals surface area contributed by atoms with Gasteiger partial charge in [-0.1, -0.05) is 24.3 Å². The second kappa shape index (κ2) is 4.35. The van der Waals surface area contributed by atoms with Crippen LogP contribution in [0.3, 0.4) is 0 Å². The zero-order chi connectivity index (χ0) is 13.7. The number of hydrogen-bond donors (Lipinski definition) is 1. The summed E-state index contributed by atoms with van der Waals surface area (Å²) in [5.41, 5.74) is 10.3. The van der Waals surface area contributed by atoms with Gasteiger partial charge in [0.1, 0.15) is 0 Å². The van der Waals surface area contributed by atoms with Gasteiger partial charge < -0.3 is 10.3 Å². The molecular formula is C18H20N2. The van der Waals surface area contributed by atoms with E-state index in [1.807, 2.05) is 0 Å². The van der Waals surface area contributed by atoms with Gasteiger partial charge in [0, 0.05) is 34.4 Å². The first kappa shape index (κ1) is 12.0. The van der Waals surface area contributed by atoms with E-state index in [0.29, 0.717) is 5.92 Å². The lowest BCUT2D eigenvalue weighted by atomic mass is 10.0. The zero-order valence-electron chi connectivity index (χ0n) is 11.8. The van der Waals surface area contributed by atoms with E-state index in [0.717, 1.165) is 6.54 Å². The molecule has 2 aromatic carbocycles. The molecule has 1 saturated carbocycles. The standard InChI is InChI=1S/C18H20N2/c1-2-20-16-6-4-3-5-14(16)15-11-13(9-10-17(15)20)18(19)12-7-8-12/h3-6,9-12,18H,2,7-8,19H2,1H3/t18-/m0/s1. The smallest absolute Gasteiger partial charge is 0.0491 e. The summed E-state index contributed by atoms with van der Waals surface area (Å²) in [4.78, 5) is 0. The van der Waals surface area contributed by atoms with Gasteiger partial charge in [0.25, 0.3) is 0 Å². The average molecular weight is 264 g/mol. The molecule has 2 N–H and O–H groups in total. The van der Waals surface area contributed by atoms with Crippen LogP contribution in [-0.2, 0) is 6.54 Å². The first-order chi connectivity index (χ1) is 9.79. The Balaban J connectivity index is 1.99. The highest BCUT2D eigenvalue weighted by Crippen LogP contribution is 2.40. The maximum atomic E-state index is 6.37. The van der Waals surface area contributed by atoms with Crippen molar-refractivity contribution in [3.63, 3.8) is 0 Å². The van der Waals surface area contributed by atoms with Crippen LogP contribution in [0.4, 0.5) is 0 Å². The third-order valence-electron chi connectivity index (χ3n) is 4.63. The lowest BCUT2D eigenvalue weighted by Crippen LogP contribution is -2.12. The second-order valence-corrected chi connectivity index (χ2v) is 5.90. The Labute approximate surface area is 119 Å². The highest BCUT2D eigenvalue weighted by molar-refractivity contribution is 6.08. The van der Waals surface area contributed by atoms with Crippen LogP contribution in [-0.4, -0.2) is 4.57 Å². The van der Waals surface area contributed by atoms with Crippen LogP contribution >= 0.6 is 0 Å². The third-order valence-corrected chi connectivity index (χ3v) is 4.63. The predicted molar refractivity (Wildman–Crippen MR) is 84.8 cm³/mol. The molecule has 1 aromatic heterocycles. The van der Waals surface area contributed by atoms with Crippen molar-refractivity contribution in [1.29, 1.82) is 0 Å². The maximum Gasteiger partial charge on any atom is 0.0491 e. The van der Waals surface area contributed by atoms with Crippen molar-refractivity contribution in [2.75, 3.05) is 0 Å². The van der Waals surface area contributed by atoms with Crippen molar-refractivity contribution in [2.24, 2.45) is 11.7 Å². The van der Waals surface area contributed by atoms with Crippen molar-refractivity contribution in [2.45, 2.75) is 32.4 Å². The van der Waals surface area contributed by atoms with E-state index in [4.69, 9.17) is 5.73 Å². The monoisotopic (exact) mass is 264 g/mol. The Morgan fingerprint density at radius 2 is 1.85 bits per heavy atom. The van der Waals surface area contributed by atoms with E-state index < -0.39 is 0 Å². The van der Waals surface area contributed by atoms with Gasteiger partial charge in [-0.25, -0.2) is 0 Å². The quantitative estimate of drug-likeness (QED) is 0.754. The summed E-state index contributed by atoms with van der Waals surface area (Å²) in [5.74, 6) is 0.701. The third kappa shape index (κ3) is 1.68. The van der Waals surface area contributed by atoms with Gasteiger partial charge in [0.2, 0.25) is 0 Å². The van der Waals surface area contributed by atoms with Crippen molar-refractivity contribution in [1.82, 2.24) is 4.57 Å². The van der Waals surface area contributed by atoms with Gasteiger partial charge in [-0.3, -0.25) is 0 Å². The molecule has 0 radical (unpaired) electrons. The summed E-state index contributed by atoms with van der Waals surface area (Å²) in [5, 5.41) is 2.69. The molecule has 0 bridgehead atoms. The molecule has 102 valence electrons. The zero-order valence-corrected chi connectivity index (χ0v) is 11.8. The first-order valence-corrected chi connectivity index (χ1v) is 7.56. The molecule has 1 heterocycles. The number of para-hydroxylation sites is 1. The van der Waals surface area contributed by atoms with E-state index >= 15 is 0 Å². The second-order valence-electron chi connectivity index (χ2n) is 5.90. The normalized spacial score (nSPS) is 16.9. The first-order valence-electron chi connectivity index (χ1n) is 7.56. The number of nitrogens with zero attached hydrogens (tertiary/aromatic N) is 1. The topological polar surface area (TPSA) is 30.9 Å². The predicted octanol–water partition coefficient (Wildman–Crippen LogP) is 4.22. The Hall–Kier alpha value is -1.80. The minimum absolute atomic E-state index is 0.211. The molecule has 1 aliphatic rings. The molecule has 4 rings (SSSR count). The van der Waals surface area contributed by atoms with Crippen LogP contribution in [0.2, 0.25) is 0 Å². The number of benzene rings is 2. The van der Waals surface area contributed by atoms with Crippen LogP contribution in [0.1, 0.15) is 31.4 Å². The summed E-state index contributed by atoms with van der Waals surface area (Å²) in [6, 6.07) is 15.7. The summed E-state index contributed by atoms with van der Waals surface area (Å²) < 4.78 is 2.39. The number of fused-ring (bicyclic) bond motifs is 3. The van der Waals surface area contributed by atoms with Gasteiger partial charge in [0.15, 0.2) is 0 Å². The number of hydrogen-bond acceptors (Lipinski definition) is 1. The molecule has 0 aliphatic heterocycles. The van der Waals surface area contributed by atoms with Crippen molar-refractivity contribution < 1.29 is 0 Å². The van der Waals surface area contributed by atoms with E-state index in [2.05, 4.69) is 54.0 Å². The Morgan fingerprint density at radius 1 is 1.10 bits per heavy atom. The molecule has 0 spiro atoms. The summed E-state index contributed by atoms with van der Waals surface area (Å²) >= 11 is 0. The van der Waals surface area contributed by atoms with Crippen molar-refractivity contribution >= 4 is 21.8 Å². The largest absolute Gasteiger partial charge is 0.341 e. The summed E-state index contributed by atoms with van der Waals surface area (Å²) in [7, 11) is 0. The number of aromatic nitrogens is 1. The van der Waals surface area contributed by atoms with Gasteiger partial charge in [-0.05, 0) is 49.4 Å². The van der Waals surface area contributed by atoms with E-state index in [9.17, 15) is 0 Å². The number of aryl methyl sites for hydroxylation is 1. The fourth-order valence-corrected chi connectivity index (χ4v) is 3.35. The molecule has 1 fully saturated rings. The average Bonchev–Trinajstić information content (AvgIpc) is 3.29. The highest BCUT2D eigenvalue weighted by atomic mass is 15.0. The minimum Gasteiger partial charge on any atom is -0.341 e. The molecule has 2 nitrogen and oxygen atoms in total. The Bertz CT molecular complexity index is 781. The molecule has 0 unspecified atom stereocenters. The lowest BCUT2D eigenvalue weighted by Gasteiger charge is -2.11. The van der Waals surface area contributed by atoms with Crippen LogP contribution in [0.15, 0.2) is 42.5 Å². The Morgan fingerprint density at radius 3 is 2.60 bits per heavy atom. The van der Waals surface area contributed by atoms with Crippen molar-refractivity contribution in [3.8, 4) is 0 Å². The lowest BCUT2D eigenvalue weighted by molar-refractivity contribution is 0.634. The molecule has 2 heteroatoms. The summed E-state index contributed by atoms with van der Waals surface area (Å²) in [6.07, 6.45) is 2.58. The van der Waals surface area contributed by atoms with Crippen LogP contribution in [0.5, 0.6) is 0 Å². The van der Waals surface area contributed by atoms with Crippen molar-refractivity contribution in [3.05, 3.63) is 48.0 Å². The van der Waals surface area contributed by atoms with Crippen LogP contribution < -0.4 is 5.73 Å². The molecule has 0 amide bonds.